The first-order valence-electron chi connectivity index (χ1n) is 8.02. The molecule has 4 aromatic rings. The Balaban J connectivity index is 1.42. The molecular formula is C19H15N3O2. The van der Waals surface area contributed by atoms with Gasteiger partial charge >= 0.3 is 0 Å². The van der Waals surface area contributed by atoms with Crippen LogP contribution in [0.4, 0.5) is 5.69 Å². The van der Waals surface area contributed by atoms with Gasteiger partial charge in [-0.05, 0) is 47.6 Å². The second kappa shape index (κ2) is 5.23. The lowest BCUT2D eigenvalue weighted by atomic mass is 10.0. The molecule has 1 aliphatic rings. The Hall–Kier alpha value is -3.08. The van der Waals surface area contributed by atoms with Crippen molar-refractivity contribution in [1.82, 2.24) is 10.1 Å². The maximum absolute atomic E-state index is 5.30. The third-order valence-electron chi connectivity index (χ3n) is 4.52. The van der Waals surface area contributed by atoms with Crippen LogP contribution in [-0.4, -0.2) is 10.1 Å². The average Bonchev–Trinajstić information content (AvgIpc) is 3.35. The summed E-state index contributed by atoms with van der Waals surface area (Å²) in [6, 6.07) is 14.5. The molecule has 0 aliphatic heterocycles. The smallest absolute Gasteiger partial charge is 0.246 e. The van der Waals surface area contributed by atoms with Crippen LogP contribution in [0.5, 0.6) is 0 Å². The van der Waals surface area contributed by atoms with Crippen LogP contribution in [0, 0.1) is 0 Å². The van der Waals surface area contributed by atoms with E-state index < -0.39 is 0 Å². The molecule has 2 aromatic heterocycles. The van der Waals surface area contributed by atoms with Crippen molar-refractivity contribution in [3.05, 3.63) is 65.7 Å². The lowest BCUT2D eigenvalue weighted by Gasteiger charge is -2.10. The molecule has 0 spiro atoms. The normalized spacial score (nSPS) is 12.8. The fraction of sp³-hybridized carbons (Fsp3) is 0.158. The summed E-state index contributed by atoms with van der Waals surface area (Å²) in [7, 11) is 0. The molecule has 5 rings (SSSR count). The molecular weight excluding hydrogens is 302 g/mol. The van der Waals surface area contributed by atoms with Gasteiger partial charge in [-0.3, -0.25) is 0 Å². The van der Waals surface area contributed by atoms with E-state index in [0.717, 1.165) is 18.5 Å². The van der Waals surface area contributed by atoms with E-state index in [-0.39, 0.29) is 0 Å². The number of anilines is 1. The topological polar surface area (TPSA) is 64.1 Å². The van der Waals surface area contributed by atoms with E-state index in [1.165, 1.54) is 21.9 Å². The monoisotopic (exact) mass is 317 g/mol. The molecule has 0 atom stereocenters. The first-order valence-corrected chi connectivity index (χ1v) is 8.02. The second-order valence-corrected chi connectivity index (χ2v) is 5.95. The van der Waals surface area contributed by atoms with Crippen LogP contribution < -0.4 is 5.32 Å². The minimum absolute atomic E-state index is 0.470. The lowest BCUT2D eigenvalue weighted by molar-refractivity contribution is 0.382. The summed E-state index contributed by atoms with van der Waals surface area (Å²) < 4.78 is 10.6. The van der Waals surface area contributed by atoms with Crippen molar-refractivity contribution in [2.45, 2.75) is 19.4 Å². The Kier molecular flexibility index (Phi) is 2.91. The summed E-state index contributed by atoms with van der Waals surface area (Å²) in [5.74, 6) is 1.61. The second-order valence-electron chi connectivity index (χ2n) is 5.95. The van der Waals surface area contributed by atoms with Crippen LogP contribution in [0.1, 0.15) is 17.0 Å². The Bertz CT molecular complexity index is 1010. The van der Waals surface area contributed by atoms with E-state index >= 15 is 0 Å². The number of furan rings is 1. The van der Waals surface area contributed by atoms with Gasteiger partial charge in [-0.1, -0.05) is 29.4 Å². The average molecular weight is 317 g/mol. The fourth-order valence-corrected chi connectivity index (χ4v) is 3.40. The molecule has 2 aromatic carbocycles. The van der Waals surface area contributed by atoms with Gasteiger partial charge in [0.25, 0.3) is 0 Å². The van der Waals surface area contributed by atoms with E-state index in [1.54, 1.807) is 12.3 Å². The molecule has 0 bridgehead atoms. The zero-order valence-electron chi connectivity index (χ0n) is 13.0. The summed E-state index contributed by atoms with van der Waals surface area (Å²) in [4.78, 5) is 4.36. The van der Waals surface area contributed by atoms with Gasteiger partial charge in [-0.15, -0.1) is 0 Å². The van der Waals surface area contributed by atoms with Gasteiger partial charge in [0.05, 0.1) is 12.8 Å². The molecule has 0 saturated heterocycles. The highest BCUT2D eigenvalue weighted by atomic mass is 16.5. The van der Waals surface area contributed by atoms with Crippen LogP contribution in [0.25, 0.3) is 22.4 Å². The molecule has 1 N–H and O–H groups in total. The molecule has 0 saturated carbocycles. The first kappa shape index (κ1) is 13.4. The van der Waals surface area contributed by atoms with E-state index in [9.17, 15) is 0 Å². The predicted octanol–water partition coefficient (Wildman–Crippen LogP) is 4.19. The number of rotatable bonds is 4. The van der Waals surface area contributed by atoms with Crippen LogP contribution in [0.15, 0.2) is 57.7 Å². The molecule has 118 valence electrons. The van der Waals surface area contributed by atoms with Gasteiger partial charge < -0.3 is 14.3 Å². The molecule has 5 heteroatoms. The maximum atomic E-state index is 5.30. The van der Waals surface area contributed by atoms with Gasteiger partial charge in [-0.2, -0.15) is 4.98 Å². The van der Waals surface area contributed by atoms with Gasteiger partial charge in [-0.25, -0.2) is 0 Å². The Morgan fingerprint density at radius 3 is 2.79 bits per heavy atom. The van der Waals surface area contributed by atoms with Crippen LogP contribution in [0.2, 0.25) is 0 Å². The molecule has 0 radical (unpaired) electrons. The largest absolute Gasteiger partial charge is 0.461 e. The summed E-state index contributed by atoms with van der Waals surface area (Å²) in [5.41, 5.74) is 3.96. The van der Waals surface area contributed by atoms with Gasteiger partial charge in [0.15, 0.2) is 5.76 Å². The minimum atomic E-state index is 0.470. The standard InChI is InChI=1S/C19H15N3O2/c1-3-12-6-7-13-8-9-15(14(4-1)18(12)13)20-11-17-21-19(22-24-17)16-5-2-10-23-16/h1-5,8-10,20H,6-7,11H2. The van der Waals surface area contributed by atoms with E-state index in [0.29, 0.717) is 24.0 Å². The van der Waals surface area contributed by atoms with Crippen molar-refractivity contribution >= 4 is 16.5 Å². The van der Waals surface area contributed by atoms with E-state index in [2.05, 4.69) is 45.8 Å². The zero-order chi connectivity index (χ0) is 15.9. The molecule has 0 fully saturated rings. The number of hydrogen-bond donors (Lipinski definition) is 1. The molecule has 1 aliphatic carbocycles. The lowest BCUT2D eigenvalue weighted by Crippen LogP contribution is -2.00. The van der Waals surface area contributed by atoms with Crippen LogP contribution >= 0.6 is 0 Å². The summed E-state index contributed by atoms with van der Waals surface area (Å²) >= 11 is 0. The molecule has 0 amide bonds. The molecule has 5 nitrogen and oxygen atoms in total. The van der Waals surface area contributed by atoms with Crippen LogP contribution in [-0.2, 0) is 19.4 Å². The highest BCUT2D eigenvalue weighted by molar-refractivity contribution is 5.99. The molecule has 24 heavy (non-hydrogen) atoms. The number of hydrogen-bond acceptors (Lipinski definition) is 5. The van der Waals surface area contributed by atoms with Gasteiger partial charge in [0.2, 0.25) is 11.7 Å². The van der Waals surface area contributed by atoms with Crippen molar-refractivity contribution < 1.29 is 8.94 Å². The van der Waals surface area contributed by atoms with Crippen molar-refractivity contribution in [2.75, 3.05) is 5.32 Å². The zero-order valence-corrected chi connectivity index (χ0v) is 13.0. The summed E-state index contributed by atoms with van der Waals surface area (Å²) in [6.45, 7) is 0.479. The maximum Gasteiger partial charge on any atom is 0.246 e. The Morgan fingerprint density at radius 1 is 1.00 bits per heavy atom. The number of nitrogens with zero attached hydrogens (tertiary/aromatic N) is 2. The third kappa shape index (κ3) is 2.09. The third-order valence-corrected chi connectivity index (χ3v) is 4.52. The molecule has 2 heterocycles. The fourth-order valence-electron chi connectivity index (χ4n) is 3.40. The quantitative estimate of drug-likeness (QED) is 0.611. The predicted molar refractivity (Wildman–Crippen MR) is 90.7 cm³/mol. The Labute approximate surface area is 138 Å². The van der Waals surface area contributed by atoms with Crippen molar-refractivity contribution in [3.8, 4) is 11.6 Å². The Morgan fingerprint density at radius 2 is 1.92 bits per heavy atom. The van der Waals surface area contributed by atoms with Crippen molar-refractivity contribution in [2.24, 2.45) is 0 Å². The highest BCUT2D eigenvalue weighted by Gasteiger charge is 2.16. The number of nitrogens with one attached hydrogen (secondary N) is 1. The minimum Gasteiger partial charge on any atom is -0.461 e. The van der Waals surface area contributed by atoms with E-state index in [1.807, 2.05) is 6.07 Å². The summed E-state index contributed by atoms with van der Waals surface area (Å²) in [5, 5.41) is 10.0. The van der Waals surface area contributed by atoms with Crippen molar-refractivity contribution in [3.63, 3.8) is 0 Å². The SMILES string of the molecule is c1coc(-c2noc(CNc3ccc4c5c(cccc35)CC4)n2)c1. The highest BCUT2D eigenvalue weighted by Crippen LogP contribution is 2.35. The first-order chi connectivity index (χ1) is 11.9. The number of aryl methyl sites for hydroxylation is 2. The van der Waals surface area contributed by atoms with Crippen LogP contribution in [0.3, 0.4) is 0 Å². The summed E-state index contributed by atoms with van der Waals surface area (Å²) in [6.07, 6.45) is 3.86. The van der Waals surface area contributed by atoms with E-state index in [4.69, 9.17) is 8.94 Å². The van der Waals surface area contributed by atoms with Gasteiger partial charge in [0.1, 0.15) is 0 Å². The number of aromatic nitrogens is 2. The van der Waals surface area contributed by atoms with Crippen molar-refractivity contribution in [1.29, 1.82) is 0 Å². The van der Waals surface area contributed by atoms with Gasteiger partial charge in [0, 0.05) is 11.1 Å². The molecule has 0 unspecified atom stereocenters. The number of benzene rings is 2.